The minimum atomic E-state index is -0.0393. The van der Waals surface area contributed by atoms with E-state index in [1.54, 1.807) is 10.7 Å². The second kappa shape index (κ2) is 7.51. The maximum absolute atomic E-state index is 12.8. The van der Waals surface area contributed by atoms with E-state index >= 15 is 0 Å². The molecule has 0 unspecified atom stereocenters. The molecule has 4 bridgehead atoms. The Kier molecular flexibility index (Phi) is 4.84. The molecule has 1 aromatic carbocycles. The summed E-state index contributed by atoms with van der Waals surface area (Å²) in [5, 5.41) is 7.76. The summed E-state index contributed by atoms with van der Waals surface area (Å²) in [5.74, 6) is 4.45. The molecule has 0 radical (unpaired) electrons. The molecule has 6 rings (SSSR count). The van der Waals surface area contributed by atoms with Crippen LogP contribution in [0.5, 0.6) is 5.75 Å². The van der Waals surface area contributed by atoms with Crippen molar-refractivity contribution in [2.24, 2.45) is 23.7 Å². The summed E-state index contributed by atoms with van der Waals surface area (Å²) >= 11 is 0. The van der Waals surface area contributed by atoms with Crippen molar-refractivity contribution < 1.29 is 9.53 Å². The molecule has 5 nitrogen and oxygen atoms in total. The zero-order valence-electron chi connectivity index (χ0n) is 17.4. The molecule has 1 heterocycles. The van der Waals surface area contributed by atoms with Crippen molar-refractivity contribution in [2.75, 3.05) is 0 Å². The van der Waals surface area contributed by atoms with Crippen molar-refractivity contribution in [3.05, 3.63) is 47.8 Å². The second-order valence-corrected chi connectivity index (χ2v) is 9.67. The van der Waals surface area contributed by atoms with E-state index in [4.69, 9.17) is 4.74 Å². The van der Waals surface area contributed by atoms with Gasteiger partial charge in [-0.15, -0.1) is 0 Å². The van der Waals surface area contributed by atoms with E-state index in [2.05, 4.69) is 36.4 Å². The summed E-state index contributed by atoms with van der Waals surface area (Å²) in [5.41, 5.74) is 1.78. The van der Waals surface area contributed by atoms with Crippen LogP contribution in [0.1, 0.15) is 67.9 Å². The van der Waals surface area contributed by atoms with Crippen molar-refractivity contribution in [1.29, 1.82) is 0 Å². The number of carbonyl (C=O) groups excluding carboxylic acids is 1. The average Bonchev–Trinajstić information content (AvgIpc) is 3.18. The molecule has 0 aliphatic heterocycles. The highest BCUT2D eigenvalue weighted by atomic mass is 16.5. The number of nitrogens with one attached hydrogen (secondary N) is 1. The van der Waals surface area contributed by atoms with Crippen molar-refractivity contribution >= 4 is 5.91 Å². The first kappa shape index (κ1) is 18.7. The fraction of sp³-hybridized carbons (Fsp3) is 0.583. The Morgan fingerprint density at radius 2 is 1.72 bits per heavy atom. The maximum atomic E-state index is 12.8. The predicted molar refractivity (Wildman–Crippen MR) is 112 cm³/mol. The fourth-order valence-electron chi connectivity index (χ4n) is 6.03. The number of benzene rings is 1. The Hall–Kier alpha value is -2.30. The SMILES string of the molecule is CC(C)c1ccc(OCn2ccc(C(=O)NC3C4CC5CC(C4)CC3C5)n2)cc1. The highest BCUT2D eigenvalue weighted by Gasteiger charge is 2.48. The highest BCUT2D eigenvalue weighted by Crippen LogP contribution is 2.53. The van der Waals surface area contributed by atoms with Crippen LogP contribution in [0, 0.1) is 23.7 Å². The first-order valence-corrected chi connectivity index (χ1v) is 11.1. The van der Waals surface area contributed by atoms with E-state index in [1.807, 2.05) is 18.3 Å². The minimum absolute atomic E-state index is 0.0393. The molecule has 154 valence electrons. The van der Waals surface area contributed by atoms with E-state index in [1.165, 1.54) is 37.7 Å². The summed E-state index contributed by atoms with van der Waals surface area (Å²) in [6, 6.07) is 10.3. The molecular weight excluding hydrogens is 362 g/mol. The third-order valence-electron chi connectivity index (χ3n) is 7.31. The molecule has 4 aliphatic carbocycles. The van der Waals surface area contributed by atoms with Crippen LogP contribution in [0.2, 0.25) is 0 Å². The Balaban J connectivity index is 1.17. The number of aromatic nitrogens is 2. The van der Waals surface area contributed by atoms with Crippen molar-refractivity contribution in [2.45, 2.75) is 64.6 Å². The molecule has 4 saturated carbocycles. The van der Waals surface area contributed by atoms with E-state index < -0.39 is 0 Å². The molecule has 1 aromatic heterocycles. The monoisotopic (exact) mass is 393 g/mol. The standard InChI is InChI=1S/C24H31N3O2/c1-15(2)18-3-5-21(6-4-18)29-14-27-8-7-22(26-27)24(28)25-23-19-10-16-9-17(12-19)13-20(23)11-16/h3-8,15-17,19-20,23H,9-14H2,1-2H3,(H,25,28). The lowest BCUT2D eigenvalue weighted by molar-refractivity contribution is -0.0120. The van der Waals surface area contributed by atoms with Crippen molar-refractivity contribution in [3.8, 4) is 5.75 Å². The third kappa shape index (κ3) is 3.79. The van der Waals surface area contributed by atoms with Crippen LogP contribution in [0.4, 0.5) is 0 Å². The predicted octanol–water partition coefficient (Wildman–Crippen LogP) is 4.60. The van der Waals surface area contributed by atoms with Crippen LogP contribution in [0.25, 0.3) is 0 Å². The van der Waals surface area contributed by atoms with Gasteiger partial charge in [-0.05, 0) is 85.5 Å². The van der Waals surface area contributed by atoms with Gasteiger partial charge in [0.05, 0.1) is 0 Å². The first-order valence-electron chi connectivity index (χ1n) is 11.1. The molecule has 5 heteroatoms. The van der Waals surface area contributed by atoms with Crippen LogP contribution in [-0.2, 0) is 6.73 Å². The minimum Gasteiger partial charge on any atom is -0.471 e. The van der Waals surface area contributed by atoms with Crippen molar-refractivity contribution in [3.63, 3.8) is 0 Å². The van der Waals surface area contributed by atoms with E-state index in [9.17, 15) is 4.79 Å². The Labute approximate surface area is 172 Å². The molecule has 29 heavy (non-hydrogen) atoms. The van der Waals surface area contributed by atoms with Gasteiger partial charge in [0, 0.05) is 12.2 Å². The van der Waals surface area contributed by atoms with Gasteiger partial charge in [0.1, 0.15) is 11.4 Å². The van der Waals surface area contributed by atoms with Gasteiger partial charge in [0.2, 0.25) is 0 Å². The van der Waals surface area contributed by atoms with Crippen LogP contribution in [0.15, 0.2) is 36.5 Å². The Morgan fingerprint density at radius 1 is 1.07 bits per heavy atom. The van der Waals surface area contributed by atoms with Gasteiger partial charge >= 0.3 is 0 Å². The molecule has 0 atom stereocenters. The number of rotatable bonds is 6. The number of ether oxygens (including phenoxy) is 1. The van der Waals surface area contributed by atoms with Crippen LogP contribution in [0.3, 0.4) is 0 Å². The first-order chi connectivity index (χ1) is 14.0. The van der Waals surface area contributed by atoms with Crippen LogP contribution >= 0.6 is 0 Å². The number of carbonyl (C=O) groups is 1. The van der Waals surface area contributed by atoms with Crippen LogP contribution < -0.4 is 10.1 Å². The average molecular weight is 394 g/mol. The second-order valence-electron chi connectivity index (χ2n) is 9.67. The van der Waals surface area contributed by atoms with E-state index in [0.717, 1.165) is 17.6 Å². The molecule has 2 aromatic rings. The summed E-state index contributed by atoms with van der Waals surface area (Å²) in [4.78, 5) is 12.8. The van der Waals surface area contributed by atoms with Gasteiger partial charge in [-0.2, -0.15) is 5.10 Å². The molecule has 1 N–H and O–H groups in total. The van der Waals surface area contributed by atoms with E-state index in [0.29, 0.717) is 36.2 Å². The zero-order chi connectivity index (χ0) is 20.0. The zero-order valence-corrected chi connectivity index (χ0v) is 17.4. The molecule has 4 fully saturated rings. The molecule has 4 aliphatic rings. The van der Waals surface area contributed by atoms with Gasteiger partial charge in [0.15, 0.2) is 6.73 Å². The number of hydrogen-bond acceptors (Lipinski definition) is 3. The Morgan fingerprint density at radius 3 is 2.34 bits per heavy atom. The number of amides is 1. The quantitative estimate of drug-likeness (QED) is 0.780. The molecule has 0 spiro atoms. The van der Waals surface area contributed by atoms with Gasteiger partial charge in [-0.1, -0.05) is 26.0 Å². The summed E-state index contributed by atoms with van der Waals surface area (Å²) in [6.45, 7) is 4.65. The van der Waals surface area contributed by atoms with Crippen LogP contribution in [-0.4, -0.2) is 21.7 Å². The normalized spacial score (nSPS) is 30.0. The summed E-state index contributed by atoms with van der Waals surface area (Å²) in [7, 11) is 0. The smallest absolute Gasteiger partial charge is 0.272 e. The van der Waals surface area contributed by atoms with Gasteiger partial charge in [-0.3, -0.25) is 4.79 Å². The number of hydrogen-bond donors (Lipinski definition) is 1. The lowest BCUT2D eigenvalue weighted by atomic mass is 9.54. The largest absolute Gasteiger partial charge is 0.471 e. The highest BCUT2D eigenvalue weighted by molar-refractivity contribution is 5.92. The van der Waals surface area contributed by atoms with Crippen molar-refractivity contribution in [1.82, 2.24) is 15.1 Å². The summed E-state index contributed by atoms with van der Waals surface area (Å²) in [6.07, 6.45) is 8.45. The lowest BCUT2D eigenvalue weighted by Gasteiger charge is -2.54. The third-order valence-corrected chi connectivity index (χ3v) is 7.31. The summed E-state index contributed by atoms with van der Waals surface area (Å²) < 4.78 is 7.50. The number of nitrogens with zero attached hydrogens (tertiary/aromatic N) is 2. The maximum Gasteiger partial charge on any atom is 0.272 e. The Bertz CT molecular complexity index is 843. The molecule has 1 amide bonds. The van der Waals surface area contributed by atoms with E-state index in [-0.39, 0.29) is 5.91 Å². The topological polar surface area (TPSA) is 56.1 Å². The fourth-order valence-corrected chi connectivity index (χ4v) is 6.03. The molecule has 0 saturated heterocycles. The van der Waals surface area contributed by atoms with Gasteiger partial charge in [-0.25, -0.2) is 4.68 Å². The lowest BCUT2D eigenvalue weighted by Crippen LogP contribution is -2.55. The van der Waals surface area contributed by atoms with Gasteiger partial charge < -0.3 is 10.1 Å². The molecular formula is C24H31N3O2. The van der Waals surface area contributed by atoms with Gasteiger partial charge in [0.25, 0.3) is 5.91 Å².